The largest absolute Gasteiger partial charge is 0.468 e. The number of rotatable bonds is 6. The lowest BCUT2D eigenvalue weighted by atomic mass is 9.94. The lowest BCUT2D eigenvalue weighted by Crippen LogP contribution is -2.34. The molecule has 2 nitrogen and oxygen atoms in total. The first kappa shape index (κ1) is 12.4. The van der Waals surface area contributed by atoms with E-state index in [4.69, 9.17) is 4.12 Å². The first-order valence-corrected chi connectivity index (χ1v) is 8.43. The second-order valence-electron chi connectivity index (χ2n) is 4.47. The maximum absolute atomic E-state index is 5.33. The Labute approximate surface area is 93.9 Å². The Morgan fingerprint density at radius 1 is 1.36 bits per heavy atom. The molecule has 0 amide bonds. The molecule has 0 bridgehead atoms. The predicted octanol–water partition coefficient (Wildman–Crippen LogP) is 0.440. The van der Waals surface area contributed by atoms with E-state index in [0.29, 0.717) is 0 Å². The van der Waals surface area contributed by atoms with Crippen LogP contribution in [0, 0.1) is 0 Å². The third-order valence-corrected chi connectivity index (χ3v) is 5.73. The highest BCUT2D eigenvalue weighted by Crippen LogP contribution is 2.21. The highest BCUT2D eigenvalue weighted by atomic mass is 28.3. The average Bonchev–Trinajstić information content (AvgIpc) is 2.25. The van der Waals surface area contributed by atoms with Crippen molar-refractivity contribution in [2.45, 2.75) is 50.6 Å². The number of hydrogen-bond donors (Lipinski definition) is 0. The molecule has 0 atom stereocenters. The molecule has 0 aromatic rings. The van der Waals surface area contributed by atoms with Crippen LogP contribution in [0.2, 0.25) is 6.04 Å². The van der Waals surface area contributed by atoms with Gasteiger partial charge in [-0.05, 0) is 38.9 Å². The molecule has 1 aliphatic carbocycles. The molecular formula is C10H25NOSi2. The Hall–Kier alpha value is 0.354. The van der Waals surface area contributed by atoms with E-state index in [1.165, 1.54) is 51.1 Å². The molecule has 1 rings (SSSR count). The monoisotopic (exact) mass is 231 g/mol. The first-order chi connectivity index (χ1) is 6.84. The molecule has 84 valence electrons. The summed E-state index contributed by atoms with van der Waals surface area (Å²) in [5, 5.41) is 0. The van der Waals surface area contributed by atoms with Gasteiger partial charge in [0.1, 0.15) is 20.2 Å². The summed E-state index contributed by atoms with van der Waals surface area (Å²) in [6.45, 7) is 1.29. The summed E-state index contributed by atoms with van der Waals surface area (Å²) in [4.78, 5) is 2.58. The Kier molecular flexibility index (Phi) is 6.76. The normalized spacial score (nSPS) is 20.1. The smallest absolute Gasteiger partial charge is 0.145 e. The van der Waals surface area contributed by atoms with E-state index in [2.05, 4.69) is 11.9 Å². The zero-order valence-electron chi connectivity index (χ0n) is 9.80. The van der Waals surface area contributed by atoms with Crippen LogP contribution in [0.1, 0.15) is 38.5 Å². The van der Waals surface area contributed by atoms with Crippen LogP contribution in [-0.2, 0) is 4.12 Å². The maximum atomic E-state index is 5.33. The predicted molar refractivity (Wildman–Crippen MR) is 68.5 cm³/mol. The van der Waals surface area contributed by atoms with Gasteiger partial charge in [-0.15, -0.1) is 0 Å². The fourth-order valence-electron chi connectivity index (χ4n) is 2.31. The van der Waals surface area contributed by atoms with Gasteiger partial charge in [-0.2, -0.15) is 0 Å². The van der Waals surface area contributed by atoms with Crippen LogP contribution >= 0.6 is 0 Å². The maximum Gasteiger partial charge on any atom is 0.145 e. The Morgan fingerprint density at radius 2 is 2.07 bits per heavy atom. The van der Waals surface area contributed by atoms with Gasteiger partial charge in [0.25, 0.3) is 0 Å². The van der Waals surface area contributed by atoms with Gasteiger partial charge in [0.15, 0.2) is 0 Å². The van der Waals surface area contributed by atoms with E-state index in [0.717, 1.165) is 16.5 Å². The molecule has 1 fully saturated rings. The van der Waals surface area contributed by atoms with Crippen molar-refractivity contribution in [3.63, 3.8) is 0 Å². The molecule has 0 aliphatic heterocycles. The molecule has 0 spiro atoms. The van der Waals surface area contributed by atoms with Crippen LogP contribution in [0.4, 0.5) is 0 Å². The van der Waals surface area contributed by atoms with Crippen molar-refractivity contribution < 1.29 is 4.12 Å². The summed E-state index contributed by atoms with van der Waals surface area (Å²) < 4.78 is 5.33. The molecule has 1 saturated carbocycles. The Morgan fingerprint density at radius 3 is 2.71 bits per heavy atom. The minimum absolute atomic E-state index is 0.115. The molecule has 14 heavy (non-hydrogen) atoms. The number of hydrogen-bond acceptors (Lipinski definition) is 2. The van der Waals surface area contributed by atoms with Gasteiger partial charge in [0.2, 0.25) is 0 Å². The Balaban J connectivity index is 2.04. The highest BCUT2D eigenvalue weighted by Gasteiger charge is 2.16. The lowest BCUT2D eigenvalue weighted by molar-refractivity contribution is 0.192. The van der Waals surface area contributed by atoms with E-state index < -0.39 is 0 Å². The van der Waals surface area contributed by atoms with Crippen molar-refractivity contribution in [2.24, 2.45) is 0 Å². The van der Waals surface area contributed by atoms with Crippen molar-refractivity contribution in [2.75, 3.05) is 13.6 Å². The quantitative estimate of drug-likeness (QED) is 0.486. The minimum Gasteiger partial charge on any atom is -0.468 e. The summed E-state index contributed by atoms with van der Waals surface area (Å²) in [5.41, 5.74) is 0. The molecular weight excluding hydrogens is 206 g/mol. The van der Waals surface area contributed by atoms with Crippen LogP contribution in [0.5, 0.6) is 0 Å². The van der Waals surface area contributed by atoms with Crippen LogP contribution < -0.4 is 0 Å². The topological polar surface area (TPSA) is 12.5 Å². The van der Waals surface area contributed by atoms with Gasteiger partial charge in [-0.1, -0.05) is 19.3 Å². The van der Waals surface area contributed by atoms with E-state index in [1.54, 1.807) is 0 Å². The van der Waals surface area contributed by atoms with Gasteiger partial charge in [0.05, 0.1) is 0 Å². The molecule has 0 aromatic carbocycles. The van der Waals surface area contributed by atoms with Crippen LogP contribution in [0.3, 0.4) is 0 Å². The second kappa shape index (κ2) is 7.62. The van der Waals surface area contributed by atoms with E-state index in [1.807, 2.05) is 0 Å². The van der Waals surface area contributed by atoms with Crippen LogP contribution in [0.15, 0.2) is 0 Å². The third kappa shape index (κ3) is 4.73. The zero-order chi connectivity index (χ0) is 10.2. The molecule has 1 aliphatic rings. The molecule has 0 N–H and O–H groups in total. The van der Waals surface area contributed by atoms with Crippen molar-refractivity contribution in [1.29, 1.82) is 0 Å². The summed E-state index contributed by atoms with van der Waals surface area (Å²) >= 11 is 0. The summed E-state index contributed by atoms with van der Waals surface area (Å²) in [6, 6.07) is 2.27. The van der Waals surface area contributed by atoms with Gasteiger partial charge < -0.3 is 9.02 Å². The van der Waals surface area contributed by atoms with Gasteiger partial charge in [-0.25, -0.2) is 0 Å². The van der Waals surface area contributed by atoms with Crippen molar-refractivity contribution in [3.05, 3.63) is 0 Å². The van der Waals surface area contributed by atoms with Crippen molar-refractivity contribution in [1.82, 2.24) is 4.90 Å². The third-order valence-electron chi connectivity index (χ3n) is 3.31. The van der Waals surface area contributed by atoms with E-state index >= 15 is 0 Å². The fourth-order valence-corrected chi connectivity index (χ4v) is 3.89. The molecule has 0 heterocycles. The lowest BCUT2D eigenvalue weighted by Gasteiger charge is -2.31. The summed E-state index contributed by atoms with van der Waals surface area (Å²) in [5.74, 6) is 0. The van der Waals surface area contributed by atoms with Crippen molar-refractivity contribution >= 4 is 20.2 Å². The fraction of sp³-hybridized carbons (Fsp3) is 1.00. The minimum atomic E-state index is -0.115. The molecule has 0 unspecified atom stereocenters. The molecule has 0 saturated heterocycles. The second-order valence-corrected chi connectivity index (χ2v) is 7.90. The number of nitrogens with zero attached hydrogens (tertiary/aromatic N) is 1. The molecule has 0 radical (unpaired) electrons. The molecule has 0 aromatic heterocycles. The highest BCUT2D eigenvalue weighted by molar-refractivity contribution is 6.34. The van der Waals surface area contributed by atoms with Crippen LogP contribution in [-0.4, -0.2) is 44.8 Å². The van der Waals surface area contributed by atoms with E-state index in [-0.39, 0.29) is 9.76 Å². The zero-order valence-corrected chi connectivity index (χ0v) is 13.2. The van der Waals surface area contributed by atoms with E-state index in [9.17, 15) is 0 Å². The molecule has 4 heteroatoms. The van der Waals surface area contributed by atoms with Crippen LogP contribution in [0.25, 0.3) is 0 Å². The summed E-state index contributed by atoms with van der Waals surface area (Å²) in [6.07, 6.45) is 8.60. The SMILES string of the molecule is CN(CCC[SiH2]O[SiH3])C1CCCCC1. The van der Waals surface area contributed by atoms with Gasteiger partial charge >= 0.3 is 0 Å². The summed E-state index contributed by atoms with van der Waals surface area (Å²) in [7, 11) is 3.15. The Bertz CT molecular complexity index is 140. The van der Waals surface area contributed by atoms with Gasteiger partial charge in [-0.3, -0.25) is 0 Å². The average molecular weight is 231 g/mol. The van der Waals surface area contributed by atoms with Gasteiger partial charge in [0, 0.05) is 6.04 Å². The van der Waals surface area contributed by atoms with Crippen molar-refractivity contribution in [3.8, 4) is 0 Å². The first-order valence-electron chi connectivity index (χ1n) is 6.04. The standard InChI is InChI=1S/C10H25NOSi2/c1-11(8-5-9-14-12-13)10-6-3-2-4-7-10/h10H,2-9,14H2,1,13H3.